The molecule has 1 N–H and O–H groups in total. The smallest absolute Gasteiger partial charge is 0.380 e. The number of benzene rings is 1. The lowest BCUT2D eigenvalue weighted by atomic mass is 9.90. The monoisotopic (exact) mass is 343 g/mol. The number of amides is 1. The van der Waals surface area contributed by atoms with Crippen molar-refractivity contribution >= 4 is 5.91 Å². The first-order chi connectivity index (χ1) is 11.2. The number of carbonyl (C=O) groups is 1. The van der Waals surface area contributed by atoms with E-state index in [4.69, 9.17) is 0 Å². The van der Waals surface area contributed by atoms with Crippen LogP contribution in [0.15, 0.2) is 30.3 Å². The third-order valence-corrected chi connectivity index (χ3v) is 4.76. The number of nitrogens with zero attached hydrogens (tertiary/aromatic N) is 1. The SMILES string of the molecule is CC(CCc1ccccc1)CC(=O)N1CCC(O)(C(F)(F)F)CC1. The number of aliphatic hydroxyl groups is 1. The van der Waals surface area contributed by atoms with Crippen LogP contribution in [-0.4, -0.2) is 40.8 Å². The maximum atomic E-state index is 12.8. The Hall–Kier alpha value is -1.56. The summed E-state index contributed by atoms with van der Waals surface area (Å²) in [6, 6.07) is 9.98. The molecule has 1 saturated heterocycles. The Kier molecular flexibility index (Phi) is 5.91. The summed E-state index contributed by atoms with van der Waals surface area (Å²) in [6.07, 6.45) is -3.46. The summed E-state index contributed by atoms with van der Waals surface area (Å²) in [5.74, 6) is 0.0425. The average molecular weight is 343 g/mol. The second kappa shape index (κ2) is 7.55. The standard InChI is InChI=1S/C18H24F3NO2/c1-14(7-8-15-5-3-2-4-6-15)13-16(23)22-11-9-17(24,10-12-22)18(19,20)21/h2-6,14,24H,7-13H2,1H3. The van der Waals surface area contributed by atoms with Crippen molar-refractivity contribution in [3.05, 3.63) is 35.9 Å². The first kappa shape index (κ1) is 18.8. The molecule has 1 amide bonds. The van der Waals surface area contributed by atoms with Crippen molar-refractivity contribution in [3.63, 3.8) is 0 Å². The van der Waals surface area contributed by atoms with Crippen LogP contribution in [0, 0.1) is 5.92 Å². The molecule has 24 heavy (non-hydrogen) atoms. The van der Waals surface area contributed by atoms with E-state index in [0.29, 0.717) is 6.42 Å². The van der Waals surface area contributed by atoms with Gasteiger partial charge in [-0.15, -0.1) is 0 Å². The lowest BCUT2D eigenvalue weighted by Crippen LogP contribution is -2.54. The number of hydrogen-bond acceptors (Lipinski definition) is 2. The van der Waals surface area contributed by atoms with Gasteiger partial charge < -0.3 is 10.0 Å². The molecule has 2 rings (SSSR count). The molecule has 1 aromatic rings. The molecule has 1 atom stereocenters. The van der Waals surface area contributed by atoms with Crippen LogP contribution >= 0.6 is 0 Å². The van der Waals surface area contributed by atoms with Gasteiger partial charge in [0.25, 0.3) is 0 Å². The molecule has 1 fully saturated rings. The fourth-order valence-corrected chi connectivity index (χ4v) is 3.00. The molecule has 0 saturated carbocycles. The Labute approximate surface area is 140 Å². The second-order valence-electron chi connectivity index (χ2n) is 6.74. The Balaban J connectivity index is 1.77. The number of carbonyl (C=O) groups excluding carboxylic acids is 1. The van der Waals surface area contributed by atoms with E-state index in [1.54, 1.807) is 0 Å². The number of rotatable bonds is 5. The van der Waals surface area contributed by atoms with Crippen molar-refractivity contribution in [2.75, 3.05) is 13.1 Å². The molecular weight excluding hydrogens is 319 g/mol. The maximum absolute atomic E-state index is 12.8. The molecule has 1 aromatic carbocycles. The maximum Gasteiger partial charge on any atom is 0.417 e. The van der Waals surface area contributed by atoms with Crippen molar-refractivity contribution in [1.29, 1.82) is 0 Å². The predicted molar refractivity (Wildman–Crippen MR) is 85.4 cm³/mol. The molecule has 0 aliphatic carbocycles. The van der Waals surface area contributed by atoms with Crippen LogP contribution in [0.2, 0.25) is 0 Å². The number of alkyl halides is 3. The second-order valence-corrected chi connectivity index (χ2v) is 6.74. The minimum absolute atomic E-state index is 0.0414. The zero-order chi connectivity index (χ0) is 17.8. The highest BCUT2D eigenvalue weighted by Gasteiger charge is 2.54. The molecule has 0 aromatic heterocycles. The van der Waals surface area contributed by atoms with Crippen LogP contribution in [0.4, 0.5) is 13.2 Å². The number of likely N-dealkylation sites (tertiary alicyclic amines) is 1. The molecule has 1 heterocycles. The molecule has 0 radical (unpaired) electrons. The third kappa shape index (κ3) is 4.72. The van der Waals surface area contributed by atoms with E-state index in [9.17, 15) is 23.1 Å². The van der Waals surface area contributed by atoms with Gasteiger partial charge in [0.05, 0.1) is 0 Å². The van der Waals surface area contributed by atoms with Crippen LogP contribution in [0.1, 0.15) is 38.2 Å². The summed E-state index contributed by atoms with van der Waals surface area (Å²) in [7, 11) is 0. The third-order valence-electron chi connectivity index (χ3n) is 4.76. The Bertz CT molecular complexity index is 537. The van der Waals surface area contributed by atoms with E-state index in [2.05, 4.69) is 0 Å². The van der Waals surface area contributed by atoms with Crippen LogP contribution in [0.25, 0.3) is 0 Å². The van der Waals surface area contributed by atoms with Gasteiger partial charge in [0.2, 0.25) is 5.91 Å². The molecule has 1 aliphatic rings. The number of piperidine rings is 1. The highest BCUT2D eigenvalue weighted by Crippen LogP contribution is 2.38. The van der Waals surface area contributed by atoms with Gasteiger partial charge in [0.15, 0.2) is 5.60 Å². The molecule has 6 heteroatoms. The van der Waals surface area contributed by atoms with Crippen molar-refractivity contribution in [2.45, 2.75) is 50.8 Å². The summed E-state index contributed by atoms with van der Waals surface area (Å²) in [4.78, 5) is 13.7. The van der Waals surface area contributed by atoms with Crippen molar-refractivity contribution in [3.8, 4) is 0 Å². The van der Waals surface area contributed by atoms with Crippen LogP contribution in [0.3, 0.4) is 0 Å². The van der Waals surface area contributed by atoms with Gasteiger partial charge in [-0.3, -0.25) is 4.79 Å². The van der Waals surface area contributed by atoms with E-state index < -0.39 is 24.6 Å². The topological polar surface area (TPSA) is 40.5 Å². The van der Waals surface area contributed by atoms with E-state index in [1.807, 2.05) is 37.3 Å². The summed E-state index contributed by atoms with van der Waals surface area (Å²) in [6.45, 7) is 1.90. The fourth-order valence-electron chi connectivity index (χ4n) is 3.00. The average Bonchev–Trinajstić information content (AvgIpc) is 2.53. The van der Waals surface area contributed by atoms with Crippen molar-refractivity contribution in [1.82, 2.24) is 4.90 Å². The molecule has 134 valence electrons. The van der Waals surface area contributed by atoms with Crippen LogP contribution in [0.5, 0.6) is 0 Å². The van der Waals surface area contributed by atoms with Gasteiger partial charge in [-0.05, 0) is 24.3 Å². The summed E-state index contributed by atoms with van der Waals surface area (Å²) >= 11 is 0. The van der Waals surface area contributed by atoms with Gasteiger partial charge in [-0.2, -0.15) is 13.2 Å². The number of hydrogen-bond donors (Lipinski definition) is 1. The van der Waals surface area contributed by atoms with Crippen LogP contribution in [-0.2, 0) is 11.2 Å². The van der Waals surface area contributed by atoms with Gasteiger partial charge in [-0.1, -0.05) is 37.3 Å². The summed E-state index contributed by atoms with van der Waals surface area (Å²) in [5.41, 5.74) is -1.44. The van der Waals surface area contributed by atoms with Gasteiger partial charge in [0, 0.05) is 32.4 Å². The van der Waals surface area contributed by atoms with Crippen LogP contribution < -0.4 is 0 Å². The molecule has 0 spiro atoms. The van der Waals surface area contributed by atoms with Crippen molar-refractivity contribution in [2.24, 2.45) is 5.92 Å². The van der Waals surface area contributed by atoms with E-state index in [0.717, 1.165) is 12.8 Å². The molecular formula is C18H24F3NO2. The fraction of sp³-hybridized carbons (Fsp3) is 0.611. The highest BCUT2D eigenvalue weighted by atomic mass is 19.4. The molecule has 3 nitrogen and oxygen atoms in total. The molecule has 1 aliphatic heterocycles. The van der Waals surface area contributed by atoms with Gasteiger partial charge in [0.1, 0.15) is 0 Å². The zero-order valence-corrected chi connectivity index (χ0v) is 13.9. The van der Waals surface area contributed by atoms with Gasteiger partial charge >= 0.3 is 6.18 Å². The van der Waals surface area contributed by atoms with Gasteiger partial charge in [-0.25, -0.2) is 0 Å². The van der Waals surface area contributed by atoms with E-state index >= 15 is 0 Å². The number of halogens is 3. The minimum Gasteiger partial charge on any atom is -0.380 e. The first-order valence-corrected chi connectivity index (χ1v) is 8.32. The normalized spacial score (nSPS) is 19.1. The lowest BCUT2D eigenvalue weighted by molar-refractivity contribution is -0.272. The Morgan fingerprint density at radius 2 is 1.83 bits per heavy atom. The van der Waals surface area contributed by atoms with E-state index in [-0.39, 0.29) is 24.9 Å². The highest BCUT2D eigenvalue weighted by molar-refractivity contribution is 5.76. The summed E-state index contributed by atoms with van der Waals surface area (Å²) < 4.78 is 38.3. The summed E-state index contributed by atoms with van der Waals surface area (Å²) in [5, 5.41) is 9.64. The Morgan fingerprint density at radius 3 is 2.38 bits per heavy atom. The molecule has 1 unspecified atom stereocenters. The quantitative estimate of drug-likeness (QED) is 0.888. The largest absolute Gasteiger partial charge is 0.417 e. The van der Waals surface area contributed by atoms with Crippen molar-refractivity contribution < 1.29 is 23.1 Å². The zero-order valence-electron chi connectivity index (χ0n) is 13.9. The van der Waals surface area contributed by atoms with E-state index in [1.165, 1.54) is 10.5 Å². The number of aryl methyl sites for hydroxylation is 1. The minimum atomic E-state index is -4.63. The lowest BCUT2D eigenvalue weighted by Gasteiger charge is -2.39. The molecule has 0 bridgehead atoms. The first-order valence-electron chi connectivity index (χ1n) is 8.32. The predicted octanol–water partition coefficient (Wildman–Crippen LogP) is 3.56. The Morgan fingerprint density at radius 1 is 1.25 bits per heavy atom.